The first-order valence-electron chi connectivity index (χ1n) is 7.84. The van der Waals surface area contributed by atoms with E-state index in [4.69, 9.17) is 4.74 Å². The second kappa shape index (κ2) is 9.40. The lowest BCUT2D eigenvalue weighted by Gasteiger charge is -2.30. The minimum Gasteiger partial charge on any atom is -0.466 e. The molecule has 0 aromatic carbocycles. The smallest absolute Gasteiger partial charge is 0.311 e. The van der Waals surface area contributed by atoms with Gasteiger partial charge in [0.25, 0.3) is 0 Å². The minimum absolute atomic E-state index is 0.160. The van der Waals surface area contributed by atoms with Gasteiger partial charge in [-0.15, -0.1) is 0 Å². The molecule has 1 aliphatic heterocycles. The van der Waals surface area contributed by atoms with Crippen molar-refractivity contribution in [3.63, 3.8) is 0 Å². The number of nitrogens with zero attached hydrogens (tertiary/aromatic N) is 2. The van der Waals surface area contributed by atoms with E-state index in [1.807, 2.05) is 19.0 Å². The number of esters is 1. The van der Waals surface area contributed by atoms with Crippen LogP contribution in [0.4, 0.5) is 0 Å². The molecule has 0 radical (unpaired) electrons. The van der Waals surface area contributed by atoms with Crippen molar-refractivity contribution in [2.45, 2.75) is 26.2 Å². The normalized spacial score (nSPS) is 15.7. The van der Waals surface area contributed by atoms with E-state index in [0.29, 0.717) is 39.1 Å². The highest BCUT2D eigenvalue weighted by Crippen LogP contribution is 2.18. The largest absolute Gasteiger partial charge is 0.466 e. The maximum atomic E-state index is 12.0. The molecule has 1 aliphatic rings. The van der Waals surface area contributed by atoms with Crippen LogP contribution in [0.1, 0.15) is 26.2 Å². The van der Waals surface area contributed by atoms with Gasteiger partial charge >= 0.3 is 17.8 Å². The van der Waals surface area contributed by atoms with Gasteiger partial charge in [0.1, 0.15) is 0 Å². The van der Waals surface area contributed by atoms with Crippen molar-refractivity contribution in [3.05, 3.63) is 0 Å². The first kappa shape index (κ1) is 18.4. The molecule has 1 fully saturated rings. The predicted octanol–water partition coefficient (Wildman–Crippen LogP) is -0.144. The Bertz CT molecular complexity index is 390. The first-order chi connectivity index (χ1) is 10.5. The molecule has 7 nitrogen and oxygen atoms in total. The fraction of sp³-hybridized carbons (Fsp3) is 0.800. The summed E-state index contributed by atoms with van der Waals surface area (Å²) >= 11 is 0. The molecule has 0 spiro atoms. The van der Waals surface area contributed by atoms with E-state index in [2.05, 4.69) is 5.32 Å². The summed E-state index contributed by atoms with van der Waals surface area (Å²) in [5.41, 5.74) is 0. The van der Waals surface area contributed by atoms with Gasteiger partial charge in [-0.2, -0.15) is 0 Å². The quantitative estimate of drug-likeness (QED) is 0.419. The van der Waals surface area contributed by atoms with Crippen LogP contribution in [0.15, 0.2) is 0 Å². The second-order valence-corrected chi connectivity index (χ2v) is 5.73. The number of rotatable bonds is 6. The number of carbonyl (C=O) groups excluding carboxylic acids is 3. The number of hydrogen-bond acceptors (Lipinski definition) is 5. The van der Waals surface area contributed by atoms with Gasteiger partial charge in [0.15, 0.2) is 0 Å². The molecule has 0 atom stereocenters. The SMILES string of the molecule is CCOC(=O)C1CCN(C(=O)C(=O)NCCCN(C)C)CC1. The first-order valence-corrected chi connectivity index (χ1v) is 7.84. The molecule has 0 aromatic rings. The van der Waals surface area contributed by atoms with Crippen molar-refractivity contribution < 1.29 is 19.1 Å². The third-order valence-corrected chi connectivity index (χ3v) is 3.66. The van der Waals surface area contributed by atoms with Crippen molar-refractivity contribution in [1.82, 2.24) is 15.1 Å². The van der Waals surface area contributed by atoms with Crippen molar-refractivity contribution >= 4 is 17.8 Å². The fourth-order valence-corrected chi connectivity index (χ4v) is 2.39. The van der Waals surface area contributed by atoms with Crippen LogP contribution in [0.3, 0.4) is 0 Å². The zero-order valence-electron chi connectivity index (χ0n) is 13.8. The van der Waals surface area contributed by atoms with E-state index < -0.39 is 11.8 Å². The highest BCUT2D eigenvalue weighted by atomic mass is 16.5. The van der Waals surface area contributed by atoms with Gasteiger partial charge in [-0.3, -0.25) is 14.4 Å². The van der Waals surface area contributed by atoms with Crippen molar-refractivity contribution in [2.75, 3.05) is 46.9 Å². The maximum absolute atomic E-state index is 12.0. The Morgan fingerprint density at radius 3 is 2.41 bits per heavy atom. The number of nitrogens with one attached hydrogen (secondary N) is 1. The number of hydrogen-bond donors (Lipinski definition) is 1. The number of carbonyl (C=O) groups is 3. The van der Waals surface area contributed by atoms with Gasteiger partial charge in [-0.25, -0.2) is 0 Å². The Balaban J connectivity index is 2.29. The van der Waals surface area contributed by atoms with Crippen LogP contribution in [0, 0.1) is 5.92 Å². The molecule has 2 amide bonds. The Morgan fingerprint density at radius 2 is 1.86 bits per heavy atom. The molecule has 1 N–H and O–H groups in total. The Hall–Kier alpha value is -1.63. The molecule has 0 saturated carbocycles. The summed E-state index contributed by atoms with van der Waals surface area (Å²) in [6, 6.07) is 0. The van der Waals surface area contributed by atoms with Crippen molar-refractivity contribution in [2.24, 2.45) is 5.92 Å². The highest BCUT2D eigenvalue weighted by Gasteiger charge is 2.30. The van der Waals surface area contributed by atoms with Gasteiger partial charge in [0.05, 0.1) is 12.5 Å². The van der Waals surface area contributed by atoms with Crippen LogP contribution in [-0.4, -0.2) is 74.5 Å². The molecule has 0 unspecified atom stereocenters. The van der Waals surface area contributed by atoms with Gasteiger partial charge in [0, 0.05) is 19.6 Å². The van der Waals surface area contributed by atoms with Crippen molar-refractivity contribution in [1.29, 1.82) is 0 Å². The predicted molar refractivity (Wildman–Crippen MR) is 82.1 cm³/mol. The molecule has 1 heterocycles. The fourth-order valence-electron chi connectivity index (χ4n) is 2.39. The van der Waals surface area contributed by atoms with Gasteiger partial charge in [0.2, 0.25) is 0 Å². The van der Waals surface area contributed by atoms with Crippen LogP contribution < -0.4 is 5.32 Å². The average Bonchev–Trinajstić information content (AvgIpc) is 2.50. The number of piperidine rings is 1. The molecule has 7 heteroatoms. The molecule has 0 bridgehead atoms. The lowest BCUT2D eigenvalue weighted by Crippen LogP contribution is -2.47. The summed E-state index contributed by atoms with van der Waals surface area (Å²) in [6.45, 7) is 4.34. The van der Waals surface area contributed by atoms with E-state index in [1.165, 1.54) is 4.90 Å². The summed E-state index contributed by atoms with van der Waals surface area (Å²) in [6.07, 6.45) is 1.91. The summed E-state index contributed by atoms with van der Waals surface area (Å²) in [7, 11) is 3.92. The third-order valence-electron chi connectivity index (χ3n) is 3.66. The third kappa shape index (κ3) is 6.01. The lowest BCUT2D eigenvalue weighted by molar-refractivity contribution is -0.152. The van der Waals surface area contributed by atoms with Crippen LogP contribution in [0.25, 0.3) is 0 Å². The van der Waals surface area contributed by atoms with Crippen LogP contribution >= 0.6 is 0 Å². The number of ether oxygens (including phenoxy) is 1. The number of likely N-dealkylation sites (tertiary alicyclic amines) is 1. The summed E-state index contributed by atoms with van der Waals surface area (Å²) in [4.78, 5) is 39.0. The Kier molecular flexibility index (Phi) is 7.87. The van der Waals surface area contributed by atoms with E-state index in [9.17, 15) is 14.4 Å². The van der Waals surface area contributed by atoms with E-state index in [1.54, 1.807) is 6.92 Å². The zero-order chi connectivity index (χ0) is 16.5. The van der Waals surface area contributed by atoms with Gasteiger partial charge in [-0.1, -0.05) is 0 Å². The van der Waals surface area contributed by atoms with E-state index in [-0.39, 0.29) is 11.9 Å². The standard InChI is InChI=1S/C15H27N3O4/c1-4-22-15(21)12-6-10-18(11-7-12)14(20)13(19)16-8-5-9-17(2)3/h12H,4-11H2,1-3H3,(H,16,19). The summed E-state index contributed by atoms with van der Waals surface area (Å²) in [5, 5.41) is 2.64. The zero-order valence-corrected chi connectivity index (χ0v) is 13.8. The second-order valence-electron chi connectivity index (χ2n) is 5.73. The van der Waals surface area contributed by atoms with Gasteiger partial charge < -0.3 is 19.9 Å². The van der Waals surface area contributed by atoms with E-state index >= 15 is 0 Å². The summed E-state index contributed by atoms with van der Waals surface area (Å²) < 4.78 is 4.98. The lowest BCUT2D eigenvalue weighted by atomic mass is 9.97. The van der Waals surface area contributed by atoms with Crippen LogP contribution in [-0.2, 0) is 19.1 Å². The average molecular weight is 313 g/mol. The van der Waals surface area contributed by atoms with Crippen LogP contribution in [0.2, 0.25) is 0 Å². The van der Waals surface area contributed by atoms with Crippen molar-refractivity contribution in [3.8, 4) is 0 Å². The summed E-state index contributed by atoms with van der Waals surface area (Å²) in [5.74, 6) is -1.43. The maximum Gasteiger partial charge on any atom is 0.311 e. The monoisotopic (exact) mass is 313 g/mol. The minimum atomic E-state index is -0.562. The molecule has 0 aliphatic carbocycles. The molecule has 0 aromatic heterocycles. The molecular weight excluding hydrogens is 286 g/mol. The molecular formula is C15H27N3O4. The van der Waals surface area contributed by atoms with E-state index in [0.717, 1.165) is 13.0 Å². The highest BCUT2D eigenvalue weighted by molar-refractivity contribution is 6.35. The number of amides is 2. The molecule has 1 rings (SSSR count). The Morgan fingerprint density at radius 1 is 1.23 bits per heavy atom. The van der Waals surface area contributed by atoms with Crippen LogP contribution in [0.5, 0.6) is 0 Å². The topological polar surface area (TPSA) is 78.9 Å². The molecule has 1 saturated heterocycles. The Labute approximate surface area is 132 Å². The molecule has 22 heavy (non-hydrogen) atoms. The van der Waals surface area contributed by atoms with Gasteiger partial charge in [-0.05, 0) is 46.8 Å². The molecule has 126 valence electrons.